The molecule has 32 heavy (non-hydrogen) atoms. The molecule has 172 valence electrons. The number of thioether (sulfide) groups is 1. The molecule has 1 N–H and O–H groups in total. The number of aryl methyl sites for hydroxylation is 1. The number of hydrogen-bond acceptors (Lipinski definition) is 4. The predicted molar refractivity (Wildman–Crippen MR) is 131 cm³/mol. The number of benzene rings is 2. The van der Waals surface area contributed by atoms with Crippen LogP contribution in [0.5, 0.6) is 5.75 Å². The first kappa shape index (κ1) is 24.2. The number of ether oxygens (including phenoxy) is 1. The fourth-order valence-electron chi connectivity index (χ4n) is 4.04. The van der Waals surface area contributed by atoms with Crippen molar-refractivity contribution in [2.75, 3.05) is 12.9 Å². The van der Waals surface area contributed by atoms with E-state index in [1.54, 1.807) is 23.8 Å². The number of nitrogens with zero attached hydrogens (tertiary/aromatic N) is 1. The predicted octanol–water partition coefficient (Wildman–Crippen LogP) is 4.71. The lowest BCUT2D eigenvalue weighted by molar-refractivity contribution is -0.138. The van der Waals surface area contributed by atoms with Crippen molar-refractivity contribution in [3.05, 3.63) is 65.2 Å². The first-order chi connectivity index (χ1) is 15.5. The summed E-state index contributed by atoms with van der Waals surface area (Å²) < 4.78 is 5.24. The van der Waals surface area contributed by atoms with Crippen LogP contribution in [-0.4, -0.2) is 41.7 Å². The molecule has 0 spiro atoms. The molecule has 0 aromatic heterocycles. The molecule has 1 aliphatic rings. The molecule has 1 atom stereocenters. The maximum Gasteiger partial charge on any atom is 0.242 e. The van der Waals surface area contributed by atoms with Crippen molar-refractivity contribution < 1.29 is 14.3 Å². The van der Waals surface area contributed by atoms with Crippen LogP contribution < -0.4 is 10.1 Å². The first-order valence-corrected chi connectivity index (χ1v) is 12.5. The minimum Gasteiger partial charge on any atom is -0.497 e. The number of hydrogen-bond donors (Lipinski definition) is 1. The lowest BCUT2D eigenvalue weighted by atomic mass is 10.1. The second kappa shape index (κ2) is 12.0. The van der Waals surface area contributed by atoms with E-state index in [2.05, 4.69) is 30.4 Å². The molecule has 2 amide bonds. The van der Waals surface area contributed by atoms with E-state index >= 15 is 0 Å². The zero-order chi connectivity index (χ0) is 22.9. The van der Waals surface area contributed by atoms with Crippen molar-refractivity contribution in [2.45, 2.75) is 63.9 Å². The molecule has 0 radical (unpaired) electrons. The maximum absolute atomic E-state index is 13.2. The summed E-state index contributed by atoms with van der Waals surface area (Å²) >= 11 is 1.59. The van der Waals surface area contributed by atoms with Gasteiger partial charge in [0.1, 0.15) is 11.8 Å². The summed E-state index contributed by atoms with van der Waals surface area (Å²) in [6.45, 7) is 4.30. The fraction of sp³-hybridized carbons (Fsp3) is 0.462. The third-order valence-corrected chi connectivity index (χ3v) is 6.95. The maximum atomic E-state index is 13.2. The van der Waals surface area contributed by atoms with E-state index in [1.165, 1.54) is 11.1 Å². The third-order valence-electron chi connectivity index (χ3n) is 5.96. The lowest BCUT2D eigenvalue weighted by Crippen LogP contribution is -2.50. The van der Waals surface area contributed by atoms with Crippen LogP contribution in [-0.2, 0) is 21.9 Å². The van der Waals surface area contributed by atoms with Crippen LogP contribution in [0.15, 0.2) is 48.5 Å². The number of nitrogens with one attached hydrogen (secondary N) is 1. The van der Waals surface area contributed by atoms with Crippen LogP contribution in [0.3, 0.4) is 0 Å². The summed E-state index contributed by atoms with van der Waals surface area (Å²) in [5, 5.41) is 3.15. The molecule has 6 heteroatoms. The second-order valence-electron chi connectivity index (χ2n) is 8.52. The van der Waals surface area contributed by atoms with Crippen LogP contribution in [0, 0.1) is 6.92 Å². The molecule has 3 rings (SSSR count). The van der Waals surface area contributed by atoms with E-state index < -0.39 is 6.04 Å². The molecule has 1 aliphatic carbocycles. The highest BCUT2D eigenvalue weighted by molar-refractivity contribution is 7.99. The average Bonchev–Trinajstić information content (AvgIpc) is 3.30. The minimum absolute atomic E-state index is 0.0208. The SMILES string of the molecule is COc1ccc(CN(C(=O)CSCc2cccc(C)c2)[C@@H](C)C(=O)NC2CCCC2)cc1. The molecule has 1 fully saturated rings. The summed E-state index contributed by atoms with van der Waals surface area (Å²) in [4.78, 5) is 27.9. The summed E-state index contributed by atoms with van der Waals surface area (Å²) in [6, 6.07) is 15.7. The van der Waals surface area contributed by atoms with Gasteiger partial charge in [-0.3, -0.25) is 9.59 Å². The Balaban J connectivity index is 1.65. The van der Waals surface area contributed by atoms with Gasteiger partial charge < -0.3 is 15.0 Å². The molecule has 1 saturated carbocycles. The van der Waals surface area contributed by atoms with Gasteiger partial charge in [0.15, 0.2) is 0 Å². The van der Waals surface area contributed by atoms with Crippen LogP contribution >= 0.6 is 11.8 Å². The van der Waals surface area contributed by atoms with Gasteiger partial charge in [-0.2, -0.15) is 0 Å². The highest BCUT2D eigenvalue weighted by Gasteiger charge is 2.28. The molecule has 0 saturated heterocycles. The van der Waals surface area contributed by atoms with Gasteiger partial charge in [0, 0.05) is 18.3 Å². The van der Waals surface area contributed by atoms with E-state index in [4.69, 9.17) is 4.74 Å². The molecule has 0 unspecified atom stereocenters. The molecule has 2 aromatic rings. The Morgan fingerprint density at radius 2 is 1.84 bits per heavy atom. The first-order valence-electron chi connectivity index (χ1n) is 11.3. The van der Waals surface area contributed by atoms with Crippen molar-refractivity contribution in [1.82, 2.24) is 10.2 Å². The summed E-state index contributed by atoms with van der Waals surface area (Å²) in [7, 11) is 1.63. The van der Waals surface area contributed by atoms with E-state index in [-0.39, 0.29) is 17.9 Å². The zero-order valence-corrected chi connectivity index (χ0v) is 20.1. The Bertz CT molecular complexity index is 894. The van der Waals surface area contributed by atoms with Crippen LogP contribution in [0.4, 0.5) is 0 Å². The molecule has 5 nitrogen and oxygen atoms in total. The van der Waals surface area contributed by atoms with E-state index in [1.807, 2.05) is 37.3 Å². The van der Waals surface area contributed by atoms with E-state index in [0.29, 0.717) is 12.3 Å². The number of methoxy groups -OCH3 is 1. The van der Waals surface area contributed by atoms with Gasteiger partial charge >= 0.3 is 0 Å². The quantitative estimate of drug-likeness (QED) is 0.565. The Morgan fingerprint density at radius 1 is 1.12 bits per heavy atom. The van der Waals surface area contributed by atoms with Gasteiger partial charge in [-0.05, 0) is 49.9 Å². The average molecular weight is 455 g/mol. The molecular formula is C26H34N2O3S. The fourth-order valence-corrected chi connectivity index (χ4v) is 4.90. The van der Waals surface area contributed by atoms with Crippen LogP contribution in [0.25, 0.3) is 0 Å². The molecule has 0 aliphatic heterocycles. The Labute approximate surface area is 195 Å². The molecule has 0 heterocycles. The van der Waals surface area contributed by atoms with Gasteiger partial charge in [-0.1, -0.05) is 54.8 Å². The monoisotopic (exact) mass is 454 g/mol. The van der Waals surface area contributed by atoms with Gasteiger partial charge in [-0.25, -0.2) is 0 Å². The van der Waals surface area contributed by atoms with Gasteiger partial charge in [0.2, 0.25) is 11.8 Å². The third kappa shape index (κ3) is 7.02. The van der Waals surface area contributed by atoms with E-state index in [9.17, 15) is 9.59 Å². The smallest absolute Gasteiger partial charge is 0.242 e. The zero-order valence-electron chi connectivity index (χ0n) is 19.3. The minimum atomic E-state index is -0.523. The van der Waals surface area contributed by atoms with Crippen molar-refractivity contribution in [2.24, 2.45) is 0 Å². The van der Waals surface area contributed by atoms with Crippen LogP contribution in [0.1, 0.15) is 49.3 Å². The number of carbonyl (C=O) groups excluding carboxylic acids is 2. The van der Waals surface area contributed by atoms with Crippen molar-refractivity contribution >= 4 is 23.6 Å². The number of carbonyl (C=O) groups is 2. The van der Waals surface area contributed by atoms with Gasteiger partial charge in [0.25, 0.3) is 0 Å². The van der Waals surface area contributed by atoms with Crippen molar-refractivity contribution in [3.8, 4) is 5.75 Å². The summed E-state index contributed by atoms with van der Waals surface area (Å²) in [5.41, 5.74) is 3.40. The van der Waals surface area contributed by atoms with Crippen molar-refractivity contribution in [3.63, 3.8) is 0 Å². The molecular weight excluding hydrogens is 420 g/mol. The van der Waals surface area contributed by atoms with E-state index in [0.717, 1.165) is 42.7 Å². The molecule has 0 bridgehead atoms. The van der Waals surface area contributed by atoms with Crippen LogP contribution in [0.2, 0.25) is 0 Å². The topological polar surface area (TPSA) is 58.6 Å². The Morgan fingerprint density at radius 3 is 2.50 bits per heavy atom. The molecule has 2 aromatic carbocycles. The highest BCUT2D eigenvalue weighted by atomic mass is 32.2. The number of rotatable bonds is 10. The largest absolute Gasteiger partial charge is 0.497 e. The standard InChI is InChI=1S/C26H34N2O3S/c1-19-7-6-8-22(15-19)17-32-18-25(29)28(16-21-11-13-24(31-3)14-12-21)20(2)26(30)27-23-9-4-5-10-23/h6-8,11-15,20,23H,4-5,9-10,16-18H2,1-3H3,(H,27,30)/t20-/m0/s1. The van der Waals surface area contributed by atoms with Gasteiger partial charge in [-0.15, -0.1) is 11.8 Å². The summed E-state index contributed by atoms with van der Waals surface area (Å²) in [5.74, 6) is 1.79. The Kier molecular flexibility index (Phi) is 9.03. The van der Waals surface area contributed by atoms with Gasteiger partial charge in [0.05, 0.1) is 12.9 Å². The van der Waals surface area contributed by atoms with Crippen molar-refractivity contribution in [1.29, 1.82) is 0 Å². The highest BCUT2D eigenvalue weighted by Crippen LogP contribution is 2.20. The normalized spacial score (nSPS) is 14.7. The lowest BCUT2D eigenvalue weighted by Gasteiger charge is -2.29. The number of amides is 2. The summed E-state index contributed by atoms with van der Waals surface area (Å²) in [6.07, 6.45) is 4.36. The Hall–Kier alpha value is -2.47. The second-order valence-corrected chi connectivity index (χ2v) is 9.50.